The van der Waals surface area contributed by atoms with E-state index in [4.69, 9.17) is 4.74 Å². The summed E-state index contributed by atoms with van der Waals surface area (Å²) in [5.74, 6) is 0.854. The Balaban J connectivity index is 1.60. The van der Waals surface area contributed by atoms with Gasteiger partial charge in [-0.05, 0) is 48.4 Å². The van der Waals surface area contributed by atoms with E-state index in [0.717, 1.165) is 21.1 Å². The first-order valence-electron chi connectivity index (χ1n) is 8.65. The van der Waals surface area contributed by atoms with Gasteiger partial charge >= 0.3 is 0 Å². The minimum Gasteiger partial charge on any atom is -0.497 e. The van der Waals surface area contributed by atoms with Gasteiger partial charge in [-0.3, -0.25) is 5.32 Å². The fourth-order valence-corrected chi connectivity index (χ4v) is 4.45. The Morgan fingerprint density at radius 2 is 1.58 bits per heavy atom. The normalized spacial score (nSPS) is 19.8. The summed E-state index contributed by atoms with van der Waals surface area (Å²) in [4.78, 5) is 1.72. The van der Waals surface area contributed by atoms with Crippen molar-refractivity contribution >= 4 is 10.8 Å². The van der Waals surface area contributed by atoms with Crippen LogP contribution >= 0.6 is 0 Å². The Labute approximate surface area is 156 Å². The standard InChI is InChI=1S/C22H21NO2S/c1-15-7-13-18(14-8-15)26(24)20-6-4-3-5-19(20)22-21(23-22)16-9-11-17(25-2)12-10-16/h3-14,21-23H,1-2H3/t21-,22-,26-/m0/s1. The summed E-state index contributed by atoms with van der Waals surface area (Å²) in [6.07, 6.45) is 0. The van der Waals surface area contributed by atoms with Gasteiger partial charge in [0.15, 0.2) is 0 Å². The molecule has 0 unspecified atom stereocenters. The van der Waals surface area contributed by atoms with Crippen LogP contribution in [0.2, 0.25) is 0 Å². The maximum atomic E-state index is 13.1. The fraction of sp³-hybridized carbons (Fsp3) is 0.182. The second-order valence-corrected chi connectivity index (χ2v) is 7.96. The highest BCUT2D eigenvalue weighted by molar-refractivity contribution is 7.85. The molecule has 3 aromatic rings. The van der Waals surface area contributed by atoms with E-state index in [1.807, 2.05) is 61.5 Å². The SMILES string of the molecule is COc1ccc([C@@H]2N[C@H]2c2ccccc2[S@@](=O)c2ccc(C)cc2)cc1. The molecule has 3 aromatic carbocycles. The number of nitrogens with one attached hydrogen (secondary N) is 1. The second-order valence-electron chi connectivity index (χ2n) is 6.51. The van der Waals surface area contributed by atoms with E-state index < -0.39 is 10.8 Å². The molecule has 4 rings (SSSR count). The van der Waals surface area contributed by atoms with E-state index in [1.54, 1.807) is 7.11 Å². The van der Waals surface area contributed by atoms with Crippen LogP contribution in [0.15, 0.2) is 82.6 Å². The largest absolute Gasteiger partial charge is 0.497 e. The number of benzene rings is 3. The first-order chi connectivity index (χ1) is 12.7. The van der Waals surface area contributed by atoms with E-state index in [-0.39, 0.29) is 12.1 Å². The van der Waals surface area contributed by atoms with Gasteiger partial charge in [-0.15, -0.1) is 0 Å². The second kappa shape index (κ2) is 7.06. The lowest BCUT2D eigenvalue weighted by Gasteiger charge is -2.09. The van der Waals surface area contributed by atoms with Gasteiger partial charge in [0.2, 0.25) is 0 Å². The monoisotopic (exact) mass is 363 g/mol. The number of rotatable bonds is 5. The van der Waals surface area contributed by atoms with Crippen molar-refractivity contribution in [2.75, 3.05) is 7.11 Å². The third kappa shape index (κ3) is 3.30. The van der Waals surface area contributed by atoms with Gasteiger partial charge < -0.3 is 4.74 Å². The molecule has 0 aromatic heterocycles. The quantitative estimate of drug-likeness (QED) is 0.676. The van der Waals surface area contributed by atoms with Gasteiger partial charge in [-0.2, -0.15) is 0 Å². The van der Waals surface area contributed by atoms with Crippen LogP contribution in [0, 0.1) is 6.92 Å². The van der Waals surface area contributed by atoms with E-state index >= 15 is 0 Å². The van der Waals surface area contributed by atoms with Crippen LogP contribution in [0.1, 0.15) is 28.8 Å². The molecular weight excluding hydrogens is 342 g/mol. The summed E-state index contributed by atoms with van der Waals surface area (Å²) in [5.41, 5.74) is 3.49. The molecule has 0 saturated carbocycles. The molecule has 1 saturated heterocycles. The molecule has 0 bridgehead atoms. The van der Waals surface area contributed by atoms with Crippen LogP contribution in [-0.4, -0.2) is 11.3 Å². The summed E-state index contributed by atoms with van der Waals surface area (Å²) >= 11 is 0. The molecule has 26 heavy (non-hydrogen) atoms. The first-order valence-corrected chi connectivity index (χ1v) is 9.80. The average Bonchev–Trinajstić information content (AvgIpc) is 3.49. The molecule has 1 aliphatic heterocycles. The van der Waals surface area contributed by atoms with Crippen LogP contribution in [0.3, 0.4) is 0 Å². The molecule has 3 nitrogen and oxygen atoms in total. The number of ether oxygens (including phenoxy) is 1. The molecule has 4 heteroatoms. The summed E-state index contributed by atoms with van der Waals surface area (Å²) in [7, 11) is 0.487. The highest BCUT2D eigenvalue weighted by Gasteiger charge is 2.40. The minimum absolute atomic E-state index is 0.189. The summed E-state index contributed by atoms with van der Waals surface area (Å²) in [5, 5.41) is 3.52. The van der Waals surface area contributed by atoms with E-state index in [1.165, 1.54) is 11.1 Å². The highest BCUT2D eigenvalue weighted by Crippen LogP contribution is 2.44. The van der Waals surface area contributed by atoms with Crippen LogP contribution in [0.25, 0.3) is 0 Å². The van der Waals surface area contributed by atoms with Gasteiger partial charge in [0.25, 0.3) is 0 Å². The topological polar surface area (TPSA) is 48.2 Å². The lowest BCUT2D eigenvalue weighted by Crippen LogP contribution is -1.99. The lowest BCUT2D eigenvalue weighted by molar-refractivity contribution is 0.414. The molecule has 3 atom stereocenters. The predicted octanol–water partition coefficient (Wildman–Crippen LogP) is 4.56. The third-order valence-electron chi connectivity index (χ3n) is 4.75. The maximum Gasteiger partial charge on any atom is 0.118 e. The Bertz CT molecular complexity index is 935. The number of hydrogen-bond donors (Lipinski definition) is 1. The molecule has 1 heterocycles. The lowest BCUT2D eigenvalue weighted by atomic mass is 10.0. The van der Waals surface area contributed by atoms with Crippen molar-refractivity contribution in [2.45, 2.75) is 28.8 Å². The Morgan fingerprint density at radius 1 is 0.885 bits per heavy atom. The van der Waals surface area contributed by atoms with Crippen LogP contribution in [0.4, 0.5) is 0 Å². The third-order valence-corrected chi connectivity index (χ3v) is 6.22. The van der Waals surface area contributed by atoms with Crippen LogP contribution < -0.4 is 10.1 Å². The summed E-state index contributed by atoms with van der Waals surface area (Å²) in [6, 6.07) is 24.5. The molecule has 1 fully saturated rings. The van der Waals surface area contributed by atoms with Gasteiger partial charge in [-0.25, -0.2) is 4.21 Å². The average molecular weight is 363 g/mol. The van der Waals surface area contributed by atoms with Crippen molar-refractivity contribution in [3.8, 4) is 5.75 Å². The van der Waals surface area contributed by atoms with Gasteiger partial charge in [0.05, 0.1) is 30.0 Å². The summed E-state index contributed by atoms with van der Waals surface area (Å²) < 4.78 is 18.3. The molecule has 0 amide bonds. The first kappa shape index (κ1) is 17.0. The van der Waals surface area contributed by atoms with Crippen molar-refractivity contribution in [1.82, 2.24) is 5.32 Å². The van der Waals surface area contributed by atoms with Gasteiger partial charge in [0, 0.05) is 9.79 Å². The van der Waals surface area contributed by atoms with E-state index in [2.05, 4.69) is 23.5 Å². The van der Waals surface area contributed by atoms with Crippen LogP contribution in [0.5, 0.6) is 5.75 Å². The molecule has 0 spiro atoms. The van der Waals surface area contributed by atoms with Gasteiger partial charge in [0.1, 0.15) is 5.75 Å². The van der Waals surface area contributed by atoms with Crippen molar-refractivity contribution in [3.63, 3.8) is 0 Å². The fourth-order valence-electron chi connectivity index (χ4n) is 3.20. The summed E-state index contributed by atoms with van der Waals surface area (Å²) in [6.45, 7) is 2.04. The maximum absolute atomic E-state index is 13.1. The van der Waals surface area contributed by atoms with E-state index in [9.17, 15) is 4.21 Å². The highest BCUT2D eigenvalue weighted by atomic mass is 32.2. The molecule has 1 aliphatic rings. The Hall–Kier alpha value is -2.43. The zero-order valence-corrected chi connectivity index (χ0v) is 15.6. The Morgan fingerprint density at radius 3 is 2.27 bits per heavy atom. The van der Waals surface area contributed by atoms with E-state index in [0.29, 0.717) is 0 Å². The van der Waals surface area contributed by atoms with Crippen molar-refractivity contribution < 1.29 is 8.95 Å². The number of methoxy groups -OCH3 is 1. The van der Waals surface area contributed by atoms with Crippen molar-refractivity contribution in [1.29, 1.82) is 0 Å². The van der Waals surface area contributed by atoms with Crippen molar-refractivity contribution in [2.24, 2.45) is 0 Å². The minimum atomic E-state index is -1.18. The molecule has 1 N–H and O–H groups in total. The smallest absolute Gasteiger partial charge is 0.118 e. The van der Waals surface area contributed by atoms with Crippen LogP contribution in [-0.2, 0) is 10.8 Å². The molecular formula is C22H21NO2S. The molecule has 0 radical (unpaired) electrons. The molecule has 132 valence electrons. The van der Waals surface area contributed by atoms with Crippen molar-refractivity contribution in [3.05, 3.63) is 89.5 Å². The Kier molecular flexibility index (Phi) is 4.62. The zero-order chi connectivity index (χ0) is 18.1. The number of aryl methyl sites for hydroxylation is 1. The number of hydrogen-bond acceptors (Lipinski definition) is 3. The molecule has 0 aliphatic carbocycles. The zero-order valence-electron chi connectivity index (χ0n) is 14.8. The van der Waals surface area contributed by atoms with Gasteiger partial charge in [-0.1, -0.05) is 48.0 Å². The predicted molar refractivity (Wildman–Crippen MR) is 104 cm³/mol.